The van der Waals surface area contributed by atoms with Crippen LogP contribution >= 0.6 is 0 Å². The SMILES string of the molecule is C=CC1=C(CCC)C(=O)N(CC(=O)NCC(C)(C)CN=C2NS(=O)(=O)C3=CC2C=CC=C3)C1=O. The van der Waals surface area contributed by atoms with Gasteiger partial charge in [-0.25, -0.2) is 8.42 Å². The van der Waals surface area contributed by atoms with Gasteiger partial charge in [-0.1, -0.05) is 58.1 Å². The summed E-state index contributed by atoms with van der Waals surface area (Å²) in [5, 5.41) is 2.75. The van der Waals surface area contributed by atoms with E-state index < -0.39 is 33.2 Å². The van der Waals surface area contributed by atoms with Crippen molar-refractivity contribution in [2.24, 2.45) is 16.3 Å². The zero-order valence-electron chi connectivity index (χ0n) is 19.6. The first-order valence-electron chi connectivity index (χ1n) is 11.1. The Balaban J connectivity index is 1.59. The molecule has 0 saturated heterocycles. The predicted molar refractivity (Wildman–Crippen MR) is 130 cm³/mol. The maximum absolute atomic E-state index is 12.6. The van der Waals surface area contributed by atoms with Gasteiger partial charge in [0.05, 0.1) is 10.8 Å². The number of imide groups is 1. The molecule has 2 heterocycles. The number of fused-ring (bicyclic) bond motifs is 1. The van der Waals surface area contributed by atoms with Crippen LogP contribution in [0.4, 0.5) is 0 Å². The monoisotopic (exact) mass is 486 g/mol. The van der Waals surface area contributed by atoms with Crippen LogP contribution in [0.15, 0.2) is 64.1 Å². The van der Waals surface area contributed by atoms with Gasteiger partial charge >= 0.3 is 0 Å². The number of hydrogen-bond donors (Lipinski definition) is 2. The molecule has 3 rings (SSSR count). The van der Waals surface area contributed by atoms with Crippen LogP contribution in [0.5, 0.6) is 0 Å². The van der Waals surface area contributed by atoms with Crippen molar-refractivity contribution in [3.8, 4) is 0 Å². The number of amidine groups is 1. The van der Waals surface area contributed by atoms with Gasteiger partial charge in [-0.15, -0.1) is 0 Å². The maximum Gasteiger partial charge on any atom is 0.262 e. The number of rotatable bonds is 9. The van der Waals surface area contributed by atoms with Gasteiger partial charge in [0, 0.05) is 29.7 Å². The Morgan fingerprint density at radius 2 is 2.03 bits per heavy atom. The van der Waals surface area contributed by atoms with E-state index in [0.29, 0.717) is 24.3 Å². The van der Waals surface area contributed by atoms with Crippen molar-refractivity contribution in [1.29, 1.82) is 0 Å². The number of hydrogen-bond acceptors (Lipinski definition) is 6. The zero-order valence-corrected chi connectivity index (χ0v) is 20.4. The number of amides is 3. The van der Waals surface area contributed by atoms with Gasteiger partial charge in [0.2, 0.25) is 5.91 Å². The number of allylic oxidation sites excluding steroid dienone is 3. The summed E-state index contributed by atoms with van der Waals surface area (Å²) in [6.07, 6.45) is 11.0. The highest BCUT2D eigenvalue weighted by Crippen LogP contribution is 2.25. The lowest BCUT2D eigenvalue weighted by atomic mass is 9.93. The minimum absolute atomic E-state index is 0.204. The standard InChI is InChI=1S/C24H30N4O5S/c1-5-9-19-18(6-2)22(30)28(23(19)31)13-20(29)25-14-24(3,4)15-26-21-16-10-7-8-11-17(12-16)34(32,33)27-21/h6-8,10-12,16H,2,5,9,13-15H2,1,3-4H3,(H,25,29)(H,26,27). The molecule has 34 heavy (non-hydrogen) atoms. The lowest BCUT2D eigenvalue weighted by Crippen LogP contribution is -2.44. The van der Waals surface area contributed by atoms with E-state index in [1.807, 2.05) is 26.8 Å². The number of nitrogens with one attached hydrogen (secondary N) is 2. The van der Waals surface area contributed by atoms with E-state index in [1.54, 1.807) is 18.2 Å². The molecule has 3 amide bonds. The van der Waals surface area contributed by atoms with Crippen molar-refractivity contribution in [3.05, 3.63) is 59.1 Å². The fraction of sp³-hybridized carbons (Fsp3) is 0.417. The molecule has 3 aliphatic rings. The van der Waals surface area contributed by atoms with Crippen molar-refractivity contribution >= 4 is 33.6 Å². The Bertz CT molecular complexity index is 1170. The summed E-state index contributed by atoms with van der Waals surface area (Å²) in [6, 6.07) is 0. The van der Waals surface area contributed by atoms with E-state index in [4.69, 9.17) is 0 Å². The molecule has 2 N–H and O–H groups in total. The first kappa shape index (κ1) is 25.4. The molecule has 0 saturated carbocycles. The van der Waals surface area contributed by atoms with Crippen LogP contribution in [0.2, 0.25) is 0 Å². The van der Waals surface area contributed by atoms with Crippen LogP contribution in [0.3, 0.4) is 0 Å². The van der Waals surface area contributed by atoms with Gasteiger partial charge in [-0.05, 0) is 18.6 Å². The van der Waals surface area contributed by atoms with Crippen LogP contribution in [0.1, 0.15) is 33.6 Å². The van der Waals surface area contributed by atoms with E-state index in [2.05, 4.69) is 21.6 Å². The average Bonchev–Trinajstić information content (AvgIpc) is 2.93. The van der Waals surface area contributed by atoms with Crippen LogP contribution in [0, 0.1) is 11.3 Å². The molecular formula is C24H30N4O5S. The van der Waals surface area contributed by atoms with Crippen LogP contribution < -0.4 is 10.0 Å². The Kier molecular flexibility index (Phi) is 7.40. The molecule has 1 aliphatic carbocycles. The molecule has 0 radical (unpaired) electrons. The normalized spacial score (nSPS) is 22.6. The van der Waals surface area contributed by atoms with Crippen molar-refractivity contribution in [2.45, 2.75) is 33.6 Å². The van der Waals surface area contributed by atoms with Gasteiger partial charge in [0.25, 0.3) is 21.8 Å². The second-order valence-corrected chi connectivity index (χ2v) is 10.8. The number of nitrogens with zero attached hydrogens (tertiary/aromatic N) is 2. The van der Waals surface area contributed by atoms with Gasteiger partial charge in [-0.3, -0.25) is 29.0 Å². The zero-order chi connectivity index (χ0) is 25.1. The summed E-state index contributed by atoms with van der Waals surface area (Å²) < 4.78 is 27.2. The summed E-state index contributed by atoms with van der Waals surface area (Å²) >= 11 is 0. The topological polar surface area (TPSA) is 125 Å². The van der Waals surface area contributed by atoms with E-state index in [-0.39, 0.29) is 36.0 Å². The highest BCUT2D eigenvalue weighted by molar-refractivity contribution is 7.94. The van der Waals surface area contributed by atoms with E-state index in [0.717, 1.165) is 4.90 Å². The third-order valence-electron chi connectivity index (χ3n) is 5.65. The first-order chi connectivity index (χ1) is 16.0. The minimum Gasteiger partial charge on any atom is -0.354 e. The van der Waals surface area contributed by atoms with Crippen molar-refractivity contribution in [3.63, 3.8) is 0 Å². The highest BCUT2D eigenvalue weighted by atomic mass is 32.2. The van der Waals surface area contributed by atoms with Crippen molar-refractivity contribution in [2.75, 3.05) is 19.6 Å². The molecule has 0 fully saturated rings. The molecule has 2 aliphatic heterocycles. The quantitative estimate of drug-likeness (QED) is 0.480. The Labute approximate surface area is 200 Å². The lowest BCUT2D eigenvalue weighted by Gasteiger charge is -2.26. The van der Waals surface area contributed by atoms with Crippen LogP contribution in [-0.2, 0) is 24.4 Å². The first-order valence-corrected chi connectivity index (χ1v) is 12.6. The second kappa shape index (κ2) is 9.92. The second-order valence-electron chi connectivity index (χ2n) is 9.13. The Morgan fingerprint density at radius 1 is 1.29 bits per heavy atom. The Morgan fingerprint density at radius 3 is 2.71 bits per heavy atom. The molecule has 9 nitrogen and oxygen atoms in total. The van der Waals surface area contributed by atoms with Crippen LogP contribution in [-0.4, -0.2) is 56.5 Å². The Hall–Kier alpha value is -3.27. The smallest absolute Gasteiger partial charge is 0.262 e. The molecule has 182 valence electrons. The highest BCUT2D eigenvalue weighted by Gasteiger charge is 2.37. The average molecular weight is 487 g/mol. The summed E-state index contributed by atoms with van der Waals surface area (Å²) in [7, 11) is -3.66. The summed E-state index contributed by atoms with van der Waals surface area (Å²) in [5.41, 5.74) is 0.133. The predicted octanol–water partition coefficient (Wildman–Crippen LogP) is 1.74. The number of carbonyl (C=O) groups excluding carboxylic acids is 3. The fourth-order valence-corrected chi connectivity index (χ4v) is 4.93. The molecule has 10 heteroatoms. The van der Waals surface area contributed by atoms with E-state index in [9.17, 15) is 22.8 Å². The lowest BCUT2D eigenvalue weighted by molar-refractivity contribution is -0.141. The summed E-state index contributed by atoms with van der Waals surface area (Å²) in [5.74, 6) is -1.39. The number of sulfonamides is 1. The third kappa shape index (κ3) is 5.44. The number of aliphatic imine (C=N–C) groups is 1. The van der Waals surface area contributed by atoms with Crippen LogP contribution in [0.25, 0.3) is 0 Å². The molecule has 2 bridgehead atoms. The molecule has 1 atom stereocenters. The molecule has 0 spiro atoms. The third-order valence-corrected chi connectivity index (χ3v) is 7.02. The van der Waals surface area contributed by atoms with Gasteiger partial charge in [-0.2, -0.15) is 0 Å². The molecule has 1 unspecified atom stereocenters. The van der Waals surface area contributed by atoms with Gasteiger partial charge in [0.15, 0.2) is 0 Å². The van der Waals surface area contributed by atoms with E-state index >= 15 is 0 Å². The summed E-state index contributed by atoms with van der Waals surface area (Å²) in [4.78, 5) is 43.2. The summed E-state index contributed by atoms with van der Waals surface area (Å²) in [6.45, 7) is 9.36. The van der Waals surface area contributed by atoms with E-state index in [1.165, 1.54) is 12.2 Å². The van der Waals surface area contributed by atoms with Gasteiger partial charge < -0.3 is 5.32 Å². The molecule has 0 aromatic rings. The minimum atomic E-state index is -3.66. The maximum atomic E-state index is 12.6. The largest absolute Gasteiger partial charge is 0.354 e. The fourth-order valence-electron chi connectivity index (χ4n) is 3.76. The van der Waals surface area contributed by atoms with Crippen molar-refractivity contribution < 1.29 is 22.8 Å². The molecule has 0 aromatic carbocycles. The number of carbonyl (C=O) groups is 3. The molecular weight excluding hydrogens is 456 g/mol. The van der Waals surface area contributed by atoms with Gasteiger partial charge in [0.1, 0.15) is 12.4 Å². The molecule has 0 aromatic heterocycles. The van der Waals surface area contributed by atoms with Crippen molar-refractivity contribution in [1.82, 2.24) is 14.9 Å².